The lowest BCUT2D eigenvalue weighted by atomic mass is 10.2. The van der Waals surface area contributed by atoms with E-state index in [0.29, 0.717) is 32.8 Å². The highest BCUT2D eigenvalue weighted by Crippen LogP contribution is 2.29. The number of rotatable bonds is 5. The zero-order valence-corrected chi connectivity index (χ0v) is 15.0. The molecule has 0 unspecified atom stereocenters. The molecule has 4 aromatic rings. The fourth-order valence-electron chi connectivity index (χ4n) is 2.42. The Morgan fingerprint density at radius 1 is 1.22 bits per heavy atom. The van der Waals surface area contributed by atoms with Gasteiger partial charge in [0.05, 0.1) is 12.0 Å². The number of thiazole rings is 1. The van der Waals surface area contributed by atoms with Crippen LogP contribution in [0.5, 0.6) is 0 Å². The molecule has 136 valence electrons. The van der Waals surface area contributed by atoms with Gasteiger partial charge < -0.3 is 13.7 Å². The number of hydrogen-bond donors (Lipinski definition) is 0. The van der Waals surface area contributed by atoms with Crippen molar-refractivity contribution >= 4 is 17.3 Å². The van der Waals surface area contributed by atoms with Crippen molar-refractivity contribution in [3.63, 3.8) is 0 Å². The van der Waals surface area contributed by atoms with Crippen LogP contribution in [-0.4, -0.2) is 16.1 Å². The standard InChI is InChI=1S/C19H13FN2O4S/c1-11-17(27-18(21-11)12-4-6-13(20)7-5-12)19(23)25-10-14-9-16(26-22-14)15-3-2-8-24-15/h2-9H,10H2,1H3. The molecule has 6 nitrogen and oxygen atoms in total. The smallest absolute Gasteiger partial charge is 0.350 e. The van der Waals surface area contributed by atoms with E-state index in [1.807, 2.05) is 0 Å². The number of aryl methyl sites for hydroxylation is 1. The van der Waals surface area contributed by atoms with Gasteiger partial charge in [-0.05, 0) is 43.3 Å². The largest absolute Gasteiger partial charge is 0.461 e. The summed E-state index contributed by atoms with van der Waals surface area (Å²) in [5.74, 6) is 0.176. The average molecular weight is 384 g/mol. The highest BCUT2D eigenvalue weighted by Gasteiger charge is 2.19. The molecule has 0 radical (unpaired) electrons. The second-order valence-electron chi connectivity index (χ2n) is 5.68. The molecule has 0 aliphatic carbocycles. The van der Waals surface area contributed by atoms with E-state index in [9.17, 15) is 9.18 Å². The van der Waals surface area contributed by atoms with Crippen molar-refractivity contribution in [3.05, 3.63) is 70.8 Å². The Labute approximate surface area is 157 Å². The van der Waals surface area contributed by atoms with Crippen molar-refractivity contribution in [1.82, 2.24) is 10.1 Å². The summed E-state index contributed by atoms with van der Waals surface area (Å²) in [7, 11) is 0. The lowest BCUT2D eigenvalue weighted by Gasteiger charge is -2.00. The van der Waals surface area contributed by atoms with E-state index in [-0.39, 0.29) is 12.4 Å². The quantitative estimate of drug-likeness (QED) is 0.457. The molecule has 0 amide bonds. The fourth-order valence-corrected chi connectivity index (χ4v) is 3.39. The van der Waals surface area contributed by atoms with Crippen molar-refractivity contribution in [3.8, 4) is 22.1 Å². The number of ether oxygens (including phenoxy) is 1. The zero-order valence-electron chi connectivity index (χ0n) is 14.1. The Bertz CT molecular complexity index is 1070. The molecule has 0 atom stereocenters. The number of aromatic nitrogens is 2. The maximum atomic E-state index is 13.1. The topological polar surface area (TPSA) is 78.4 Å². The van der Waals surface area contributed by atoms with Crippen LogP contribution >= 0.6 is 11.3 Å². The van der Waals surface area contributed by atoms with Crippen LogP contribution in [0.1, 0.15) is 21.1 Å². The zero-order chi connectivity index (χ0) is 18.8. The van der Waals surface area contributed by atoms with E-state index in [1.54, 1.807) is 37.3 Å². The molecular weight excluding hydrogens is 371 g/mol. The molecule has 0 spiro atoms. The molecule has 27 heavy (non-hydrogen) atoms. The molecule has 1 aromatic carbocycles. The van der Waals surface area contributed by atoms with Crippen LogP contribution in [0.4, 0.5) is 4.39 Å². The van der Waals surface area contributed by atoms with Gasteiger partial charge in [-0.3, -0.25) is 0 Å². The molecular formula is C19H13FN2O4S. The molecule has 0 N–H and O–H groups in total. The first kappa shape index (κ1) is 17.2. The molecule has 8 heteroatoms. The number of carbonyl (C=O) groups excluding carboxylic acids is 1. The van der Waals surface area contributed by atoms with Gasteiger partial charge in [0.15, 0.2) is 5.76 Å². The van der Waals surface area contributed by atoms with E-state index < -0.39 is 5.97 Å². The average Bonchev–Trinajstić information content (AvgIpc) is 3.40. The van der Waals surface area contributed by atoms with E-state index in [4.69, 9.17) is 13.7 Å². The van der Waals surface area contributed by atoms with Gasteiger partial charge in [0.25, 0.3) is 0 Å². The van der Waals surface area contributed by atoms with Crippen molar-refractivity contribution < 1.29 is 22.9 Å². The van der Waals surface area contributed by atoms with Crippen LogP contribution in [0.25, 0.3) is 22.1 Å². The summed E-state index contributed by atoms with van der Waals surface area (Å²) in [4.78, 5) is 17.2. The fraction of sp³-hybridized carbons (Fsp3) is 0.105. The third kappa shape index (κ3) is 3.65. The lowest BCUT2D eigenvalue weighted by Crippen LogP contribution is -2.05. The van der Waals surface area contributed by atoms with Crippen LogP contribution in [0.2, 0.25) is 0 Å². The summed E-state index contributed by atoms with van der Waals surface area (Å²) in [6.07, 6.45) is 1.53. The van der Waals surface area contributed by atoms with E-state index in [2.05, 4.69) is 10.1 Å². The summed E-state index contributed by atoms with van der Waals surface area (Å²) in [6.45, 7) is 1.69. The minimum atomic E-state index is -0.499. The van der Waals surface area contributed by atoms with Gasteiger partial charge >= 0.3 is 5.97 Å². The Balaban J connectivity index is 1.45. The van der Waals surface area contributed by atoms with Gasteiger partial charge in [0.1, 0.15) is 28.0 Å². The van der Waals surface area contributed by atoms with Crippen molar-refractivity contribution in [2.24, 2.45) is 0 Å². The number of hydrogen-bond acceptors (Lipinski definition) is 7. The third-order valence-electron chi connectivity index (χ3n) is 3.75. The number of esters is 1. The van der Waals surface area contributed by atoms with E-state index in [1.165, 1.54) is 29.7 Å². The number of carbonyl (C=O) groups is 1. The van der Waals surface area contributed by atoms with Crippen LogP contribution in [-0.2, 0) is 11.3 Å². The first-order valence-corrected chi connectivity index (χ1v) is 8.82. The lowest BCUT2D eigenvalue weighted by molar-refractivity contribution is 0.0469. The number of nitrogens with zero attached hydrogens (tertiary/aromatic N) is 2. The highest BCUT2D eigenvalue weighted by atomic mass is 32.1. The maximum absolute atomic E-state index is 13.1. The Hall–Kier alpha value is -3.26. The minimum absolute atomic E-state index is 0.0355. The summed E-state index contributed by atoms with van der Waals surface area (Å²) < 4.78 is 28.8. The van der Waals surface area contributed by atoms with Crippen LogP contribution in [0.3, 0.4) is 0 Å². The summed E-state index contributed by atoms with van der Waals surface area (Å²) in [5.41, 5.74) is 1.76. The predicted molar refractivity (Wildman–Crippen MR) is 95.6 cm³/mol. The van der Waals surface area contributed by atoms with Gasteiger partial charge in [-0.2, -0.15) is 0 Å². The molecule has 3 heterocycles. The summed E-state index contributed by atoms with van der Waals surface area (Å²) in [6, 6.07) is 11.1. The van der Waals surface area contributed by atoms with E-state index >= 15 is 0 Å². The van der Waals surface area contributed by atoms with Gasteiger partial charge in [0, 0.05) is 11.6 Å². The summed E-state index contributed by atoms with van der Waals surface area (Å²) >= 11 is 1.20. The molecule has 3 aromatic heterocycles. The molecule has 0 aliphatic heterocycles. The van der Waals surface area contributed by atoms with Crippen LogP contribution in [0, 0.1) is 12.7 Å². The van der Waals surface area contributed by atoms with Gasteiger partial charge in [-0.1, -0.05) is 5.16 Å². The van der Waals surface area contributed by atoms with Gasteiger partial charge in [0.2, 0.25) is 5.76 Å². The normalized spacial score (nSPS) is 10.9. The highest BCUT2D eigenvalue weighted by molar-refractivity contribution is 7.17. The second kappa shape index (κ2) is 7.16. The van der Waals surface area contributed by atoms with Crippen LogP contribution in [0.15, 0.2) is 57.7 Å². The van der Waals surface area contributed by atoms with Gasteiger partial charge in [-0.15, -0.1) is 11.3 Å². The second-order valence-corrected chi connectivity index (χ2v) is 6.68. The molecule has 0 bridgehead atoms. The van der Waals surface area contributed by atoms with Crippen molar-refractivity contribution in [2.45, 2.75) is 13.5 Å². The number of benzene rings is 1. The number of furan rings is 1. The third-order valence-corrected chi connectivity index (χ3v) is 4.93. The predicted octanol–water partition coefficient (Wildman–Crippen LogP) is 4.86. The Morgan fingerprint density at radius 2 is 2.04 bits per heavy atom. The molecule has 0 fully saturated rings. The molecule has 0 saturated carbocycles. The summed E-state index contributed by atoms with van der Waals surface area (Å²) in [5, 5.41) is 4.49. The SMILES string of the molecule is Cc1nc(-c2ccc(F)cc2)sc1C(=O)OCc1cc(-c2ccco2)on1. The first-order valence-electron chi connectivity index (χ1n) is 8.00. The Morgan fingerprint density at radius 3 is 2.78 bits per heavy atom. The number of halogens is 1. The Kier molecular flexibility index (Phi) is 4.55. The molecule has 0 aliphatic rings. The molecule has 4 rings (SSSR count). The minimum Gasteiger partial charge on any atom is -0.461 e. The first-order chi connectivity index (χ1) is 13.1. The van der Waals surface area contributed by atoms with Gasteiger partial charge in [-0.25, -0.2) is 14.2 Å². The van der Waals surface area contributed by atoms with Crippen molar-refractivity contribution in [2.75, 3.05) is 0 Å². The van der Waals surface area contributed by atoms with E-state index in [0.717, 1.165) is 5.56 Å². The monoisotopic (exact) mass is 384 g/mol. The van der Waals surface area contributed by atoms with Crippen molar-refractivity contribution in [1.29, 1.82) is 0 Å². The molecule has 0 saturated heterocycles. The maximum Gasteiger partial charge on any atom is 0.350 e. The van der Waals surface area contributed by atoms with Crippen LogP contribution < -0.4 is 0 Å².